The minimum absolute atomic E-state index is 0.647. The monoisotopic (exact) mass is 333 g/mol. The summed E-state index contributed by atoms with van der Waals surface area (Å²) in [4.78, 5) is 2.39. The maximum absolute atomic E-state index is 6.42. The van der Waals surface area contributed by atoms with E-state index in [2.05, 4.69) is 48.2 Å². The molecule has 0 saturated carbocycles. The smallest absolute Gasteiger partial charge is 0.0828 e. The highest BCUT2D eigenvalue weighted by molar-refractivity contribution is 6.43. The van der Waals surface area contributed by atoms with Gasteiger partial charge < -0.3 is 4.90 Å². The van der Waals surface area contributed by atoms with Gasteiger partial charge in [0.25, 0.3) is 0 Å². The van der Waals surface area contributed by atoms with E-state index in [1.54, 1.807) is 0 Å². The summed E-state index contributed by atoms with van der Waals surface area (Å²) in [5.74, 6) is 0.761. The molecule has 0 atom stereocenters. The molecule has 0 aliphatic carbocycles. The Morgan fingerprint density at radius 1 is 1.00 bits per heavy atom. The first-order valence-corrected chi connectivity index (χ1v) is 8.64. The lowest BCUT2D eigenvalue weighted by Crippen LogP contribution is -2.35. The van der Waals surface area contributed by atoms with Gasteiger partial charge in [-0.3, -0.25) is 0 Å². The topological polar surface area (TPSA) is 3.24 Å². The van der Waals surface area contributed by atoms with Crippen molar-refractivity contribution in [3.05, 3.63) is 63.6 Å². The number of rotatable bonds is 3. The van der Waals surface area contributed by atoms with E-state index >= 15 is 0 Å². The third-order valence-electron chi connectivity index (χ3n) is 4.57. The van der Waals surface area contributed by atoms with Crippen LogP contribution in [0.15, 0.2) is 42.5 Å². The van der Waals surface area contributed by atoms with Gasteiger partial charge in [-0.2, -0.15) is 0 Å². The number of aryl methyl sites for hydroxylation is 1. The molecule has 116 valence electrons. The third-order valence-corrected chi connectivity index (χ3v) is 5.36. The minimum atomic E-state index is 0.647. The quantitative estimate of drug-likeness (QED) is 0.690. The van der Waals surface area contributed by atoms with Crippen LogP contribution >= 0.6 is 23.2 Å². The van der Waals surface area contributed by atoms with Gasteiger partial charge in [0, 0.05) is 13.1 Å². The van der Waals surface area contributed by atoms with E-state index in [-0.39, 0.29) is 0 Å². The summed E-state index contributed by atoms with van der Waals surface area (Å²) in [6.07, 6.45) is 3.59. The van der Waals surface area contributed by atoms with Crippen LogP contribution in [0.2, 0.25) is 10.0 Å². The van der Waals surface area contributed by atoms with Crippen molar-refractivity contribution in [1.29, 1.82) is 0 Å². The van der Waals surface area contributed by atoms with Gasteiger partial charge in [-0.15, -0.1) is 0 Å². The molecule has 1 heterocycles. The van der Waals surface area contributed by atoms with E-state index in [0.29, 0.717) is 10.0 Å². The Morgan fingerprint density at radius 3 is 2.36 bits per heavy atom. The van der Waals surface area contributed by atoms with E-state index in [4.69, 9.17) is 23.2 Å². The van der Waals surface area contributed by atoms with Crippen molar-refractivity contribution in [1.82, 2.24) is 0 Å². The van der Waals surface area contributed by atoms with Crippen molar-refractivity contribution < 1.29 is 0 Å². The molecular weight excluding hydrogens is 313 g/mol. The summed E-state index contributed by atoms with van der Waals surface area (Å²) in [6, 6.07) is 14.7. The van der Waals surface area contributed by atoms with Crippen molar-refractivity contribution >= 4 is 28.9 Å². The molecule has 1 aliphatic rings. The average Bonchev–Trinajstić information content (AvgIpc) is 2.54. The number of halogens is 2. The summed E-state index contributed by atoms with van der Waals surface area (Å²) in [6.45, 7) is 4.21. The second-order valence-corrected chi connectivity index (χ2v) is 6.93. The first-order chi connectivity index (χ1) is 10.6. The van der Waals surface area contributed by atoms with Crippen LogP contribution in [0.1, 0.15) is 24.0 Å². The van der Waals surface area contributed by atoms with E-state index in [1.165, 1.54) is 30.4 Å². The molecule has 1 fully saturated rings. The molecule has 2 aromatic rings. The highest BCUT2D eigenvalue weighted by atomic mass is 35.5. The zero-order valence-electron chi connectivity index (χ0n) is 12.9. The molecule has 2 aromatic carbocycles. The lowest BCUT2D eigenvalue weighted by molar-refractivity contribution is 0.403. The standard InChI is InChI=1S/C19H21Cl2N/c1-14-7-8-17(20)18(21)19(14)22-11-9-16(10-12-22)13-15-5-3-2-4-6-15/h2-8,16H,9-13H2,1H3. The van der Waals surface area contributed by atoms with Crippen LogP contribution in [0.5, 0.6) is 0 Å². The van der Waals surface area contributed by atoms with Crippen molar-refractivity contribution in [2.45, 2.75) is 26.2 Å². The van der Waals surface area contributed by atoms with Gasteiger partial charge in [-0.05, 0) is 49.3 Å². The minimum Gasteiger partial charge on any atom is -0.370 e. The normalized spacial score (nSPS) is 16.0. The molecule has 0 N–H and O–H groups in total. The van der Waals surface area contributed by atoms with E-state index in [0.717, 1.165) is 24.7 Å². The van der Waals surface area contributed by atoms with Gasteiger partial charge in [0.15, 0.2) is 0 Å². The van der Waals surface area contributed by atoms with Gasteiger partial charge in [0.1, 0.15) is 0 Å². The second kappa shape index (κ2) is 6.93. The van der Waals surface area contributed by atoms with Gasteiger partial charge in [0.2, 0.25) is 0 Å². The van der Waals surface area contributed by atoms with Gasteiger partial charge in [-0.1, -0.05) is 59.6 Å². The highest BCUT2D eigenvalue weighted by Crippen LogP contribution is 2.37. The molecule has 0 aromatic heterocycles. The fourth-order valence-electron chi connectivity index (χ4n) is 3.33. The zero-order chi connectivity index (χ0) is 15.5. The number of benzene rings is 2. The summed E-state index contributed by atoms with van der Waals surface area (Å²) in [5, 5.41) is 1.34. The second-order valence-electron chi connectivity index (χ2n) is 6.15. The number of nitrogens with zero attached hydrogens (tertiary/aromatic N) is 1. The number of piperidine rings is 1. The van der Waals surface area contributed by atoms with Crippen LogP contribution in [0.3, 0.4) is 0 Å². The largest absolute Gasteiger partial charge is 0.370 e. The molecule has 1 nitrogen and oxygen atoms in total. The number of anilines is 1. The molecule has 1 aliphatic heterocycles. The fraction of sp³-hybridized carbons (Fsp3) is 0.368. The molecule has 0 bridgehead atoms. The molecule has 3 heteroatoms. The average molecular weight is 334 g/mol. The van der Waals surface area contributed by atoms with Crippen LogP contribution in [0.25, 0.3) is 0 Å². The lowest BCUT2D eigenvalue weighted by Gasteiger charge is -2.35. The van der Waals surface area contributed by atoms with Gasteiger partial charge >= 0.3 is 0 Å². The summed E-state index contributed by atoms with van der Waals surface area (Å²) in [5.41, 5.74) is 3.76. The summed E-state index contributed by atoms with van der Waals surface area (Å²) in [7, 11) is 0. The zero-order valence-corrected chi connectivity index (χ0v) is 14.4. The van der Waals surface area contributed by atoms with E-state index in [9.17, 15) is 0 Å². The number of hydrogen-bond donors (Lipinski definition) is 0. The Morgan fingerprint density at radius 2 is 1.68 bits per heavy atom. The first kappa shape index (κ1) is 15.7. The molecule has 0 amide bonds. The Labute approximate surface area is 142 Å². The summed E-state index contributed by atoms with van der Waals surface area (Å²) < 4.78 is 0. The molecule has 3 rings (SSSR count). The van der Waals surface area contributed by atoms with Crippen LogP contribution in [0.4, 0.5) is 5.69 Å². The SMILES string of the molecule is Cc1ccc(Cl)c(Cl)c1N1CCC(Cc2ccccc2)CC1. The fourth-order valence-corrected chi connectivity index (χ4v) is 3.82. The maximum atomic E-state index is 6.42. The first-order valence-electron chi connectivity index (χ1n) is 7.88. The molecular formula is C19H21Cl2N. The lowest BCUT2D eigenvalue weighted by atomic mass is 9.90. The van der Waals surface area contributed by atoms with E-state index in [1.807, 2.05) is 6.07 Å². The van der Waals surface area contributed by atoms with Crippen LogP contribution in [-0.2, 0) is 6.42 Å². The molecule has 22 heavy (non-hydrogen) atoms. The molecule has 0 spiro atoms. The van der Waals surface area contributed by atoms with Crippen molar-refractivity contribution in [3.63, 3.8) is 0 Å². The number of hydrogen-bond acceptors (Lipinski definition) is 1. The predicted octanol–water partition coefficient (Wildman–Crippen LogP) is 5.76. The van der Waals surface area contributed by atoms with Crippen molar-refractivity contribution in [3.8, 4) is 0 Å². The van der Waals surface area contributed by atoms with Crippen molar-refractivity contribution in [2.75, 3.05) is 18.0 Å². The molecule has 0 unspecified atom stereocenters. The Balaban J connectivity index is 1.66. The van der Waals surface area contributed by atoms with Crippen LogP contribution in [0, 0.1) is 12.8 Å². The Kier molecular flexibility index (Phi) is 4.95. The van der Waals surface area contributed by atoms with Crippen molar-refractivity contribution in [2.24, 2.45) is 5.92 Å². The third kappa shape index (κ3) is 3.42. The van der Waals surface area contributed by atoms with Gasteiger partial charge in [0.05, 0.1) is 15.7 Å². The Bertz CT molecular complexity index is 631. The molecule has 0 radical (unpaired) electrons. The van der Waals surface area contributed by atoms with E-state index < -0.39 is 0 Å². The van der Waals surface area contributed by atoms with Crippen LogP contribution < -0.4 is 4.90 Å². The predicted molar refractivity (Wildman–Crippen MR) is 96.3 cm³/mol. The van der Waals surface area contributed by atoms with Gasteiger partial charge in [-0.25, -0.2) is 0 Å². The molecule has 1 saturated heterocycles. The highest BCUT2D eigenvalue weighted by Gasteiger charge is 2.23. The van der Waals surface area contributed by atoms with Crippen LogP contribution in [-0.4, -0.2) is 13.1 Å². The maximum Gasteiger partial charge on any atom is 0.0828 e. The Hall–Kier alpha value is -1.18. The summed E-state index contributed by atoms with van der Waals surface area (Å²) >= 11 is 12.6.